The lowest BCUT2D eigenvalue weighted by molar-refractivity contribution is 0.441. The van der Waals surface area contributed by atoms with E-state index in [0.29, 0.717) is 29.0 Å². The fraction of sp³-hybridized carbons (Fsp3) is 0. The number of nitrogens with one attached hydrogen (secondary N) is 1. The first kappa shape index (κ1) is 12.5. The lowest BCUT2D eigenvalue weighted by atomic mass is 10.1. The van der Waals surface area contributed by atoms with Crippen LogP contribution in [0.15, 0.2) is 43.6 Å². The third-order valence-corrected chi connectivity index (χ3v) is 3.51. The highest BCUT2D eigenvalue weighted by Gasteiger charge is 2.23. The van der Waals surface area contributed by atoms with Gasteiger partial charge in [-0.2, -0.15) is 0 Å². The van der Waals surface area contributed by atoms with E-state index < -0.39 is 0 Å². The molecule has 0 aliphatic carbocycles. The third kappa shape index (κ3) is 1.76. The first-order valence-corrected chi connectivity index (χ1v) is 6.79. The summed E-state index contributed by atoms with van der Waals surface area (Å²) in [6.07, 6.45) is 5.04. The van der Waals surface area contributed by atoms with Crippen molar-refractivity contribution in [2.45, 2.75) is 0 Å². The number of hydrogen-bond acceptors (Lipinski definition) is 5. The smallest absolute Gasteiger partial charge is 0.265 e. The van der Waals surface area contributed by atoms with Crippen LogP contribution in [0.5, 0.6) is 11.8 Å². The molecule has 106 valence electrons. The first-order chi connectivity index (χ1) is 10.8. The van der Waals surface area contributed by atoms with Gasteiger partial charge in [-0.15, -0.1) is 0 Å². The van der Waals surface area contributed by atoms with Crippen LogP contribution in [0, 0.1) is 0 Å². The predicted molar refractivity (Wildman–Crippen MR) is 87.3 cm³/mol. The Hall–Kier alpha value is -3.21. The van der Waals surface area contributed by atoms with Crippen molar-refractivity contribution in [2.24, 2.45) is 0 Å². The Labute approximate surface area is 127 Å². The van der Waals surface area contributed by atoms with Crippen LogP contribution >= 0.6 is 0 Å². The Bertz CT molecular complexity index is 933. The number of hydrogen-bond donors (Lipinski definition) is 1. The van der Waals surface area contributed by atoms with E-state index in [1.165, 1.54) is 0 Å². The van der Waals surface area contributed by atoms with Crippen molar-refractivity contribution in [1.82, 2.24) is 15.0 Å². The van der Waals surface area contributed by atoms with Gasteiger partial charge >= 0.3 is 0 Å². The number of pyridine rings is 1. The molecule has 5 nitrogen and oxygen atoms in total. The Balaban J connectivity index is 1.92. The molecule has 0 unspecified atom stereocenters. The van der Waals surface area contributed by atoms with Crippen molar-refractivity contribution in [3.63, 3.8) is 0 Å². The lowest BCUT2D eigenvalue weighted by Crippen LogP contribution is -2.10. The van der Waals surface area contributed by atoms with Crippen LogP contribution in [0.1, 0.15) is 11.4 Å². The largest absolute Gasteiger partial charge is 0.415 e. The molecule has 0 saturated carbocycles. The average Bonchev–Trinajstić information content (AvgIpc) is 2.58. The Kier molecular flexibility index (Phi) is 2.66. The molecule has 0 amide bonds. The summed E-state index contributed by atoms with van der Waals surface area (Å²) in [4.78, 5) is 13.2. The van der Waals surface area contributed by atoms with Gasteiger partial charge in [0.2, 0.25) is 5.88 Å². The number of ether oxygens (including phenoxy) is 1. The van der Waals surface area contributed by atoms with E-state index in [2.05, 4.69) is 33.4 Å². The molecular weight excluding hydrogens is 276 g/mol. The minimum absolute atomic E-state index is 0.385. The Morgan fingerprint density at radius 3 is 2.59 bits per heavy atom. The Morgan fingerprint density at radius 2 is 1.77 bits per heavy atom. The van der Waals surface area contributed by atoms with Gasteiger partial charge in [-0.1, -0.05) is 37.4 Å². The summed E-state index contributed by atoms with van der Waals surface area (Å²) >= 11 is 0. The SMILES string of the molecule is C=Cc1nc2c(nc1C=C)Oc1ncc3ccccc3c1N2. The van der Waals surface area contributed by atoms with Gasteiger partial charge in [-0.05, 0) is 12.2 Å². The molecule has 3 aromatic rings. The van der Waals surface area contributed by atoms with Crippen LogP contribution in [0.4, 0.5) is 11.5 Å². The fourth-order valence-electron chi connectivity index (χ4n) is 2.45. The fourth-order valence-corrected chi connectivity index (χ4v) is 2.45. The highest BCUT2D eigenvalue weighted by Crippen LogP contribution is 2.42. The summed E-state index contributed by atoms with van der Waals surface area (Å²) in [6.45, 7) is 7.48. The van der Waals surface area contributed by atoms with Gasteiger partial charge in [-0.3, -0.25) is 0 Å². The normalized spacial score (nSPS) is 11.8. The zero-order valence-electron chi connectivity index (χ0n) is 11.7. The summed E-state index contributed by atoms with van der Waals surface area (Å²) in [6, 6.07) is 7.96. The summed E-state index contributed by atoms with van der Waals surface area (Å²) in [5.74, 6) is 1.42. The van der Waals surface area contributed by atoms with Crippen molar-refractivity contribution >= 4 is 34.4 Å². The molecule has 22 heavy (non-hydrogen) atoms. The van der Waals surface area contributed by atoms with Crippen molar-refractivity contribution in [3.8, 4) is 11.8 Å². The number of benzene rings is 1. The molecule has 4 rings (SSSR count). The van der Waals surface area contributed by atoms with E-state index >= 15 is 0 Å². The molecule has 0 bridgehead atoms. The van der Waals surface area contributed by atoms with Crippen molar-refractivity contribution in [1.29, 1.82) is 0 Å². The molecule has 0 spiro atoms. The van der Waals surface area contributed by atoms with E-state index in [1.807, 2.05) is 24.3 Å². The zero-order chi connectivity index (χ0) is 15.1. The van der Waals surface area contributed by atoms with Crippen LogP contribution in [0.2, 0.25) is 0 Å². The van der Waals surface area contributed by atoms with Gasteiger partial charge in [0.25, 0.3) is 5.88 Å². The van der Waals surface area contributed by atoms with E-state index in [1.54, 1.807) is 18.3 Å². The molecular formula is C17H12N4O. The maximum atomic E-state index is 5.80. The van der Waals surface area contributed by atoms with Gasteiger partial charge in [0.15, 0.2) is 5.82 Å². The summed E-state index contributed by atoms with van der Waals surface area (Å²) in [5, 5.41) is 5.32. The van der Waals surface area contributed by atoms with Crippen LogP contribution in [0.25, 0.3) is 22.9 Å². The second-order valence-corrected chi connectivity index (χ2v) is 4.81. The highest BCUT2D eigenvalue weighted by atomic mass is 16.5. The molecule has 1 aliphatic rings. The second kappa shape index (κ2) is 4.66. The van der Waals surface area contributed by atoms with E-state index in [4.69, 9.17) is 4.74 Å². The summed E-state index contributed by atoms with van der Waals surface area (Å²) < 4.78 is 5.80. The minimum Gasteiger partial charge on any atom is -0.415 e. The maximum absolute atomic E-state index is 5.80. The predicted octanol–water partition coefficient (Wildman–Crippen LogP) is 4.16. The van der Waals surface area contributed by atoms with Crippen LogP contribution < -0.4 is 10.1 Å². The number of fused-ring (bicyclic) bond motifs is 4. The quantitative estimate of drug-likeness (QED) is 0.600. The van der Waals surface area contributed by atoms with Crippen molar-refractivity contribution < 1.29 is 4.74 Å². The van der Waals surface area contributed by atoms with E-state index in [-0.39, 0.29) is 0 Å². The monoisotopic (exact) mass is 288 g/mol. The van der Waals surface area contributed by atoms with Gasteiger partial charge < -0.3 is 10.1 Å². The molecule has 0 atom stereocenters. The first-order valence-electron chi connectivity index (χ1n) is 6.79. The van der Waals surface area contributed by atoms with Crippen LogP contribution in [-0.2, 0) is 0 Å². The van der Waals surface area contributed by atoms with Crippen LogP contribution in [-0.4, -0.2) is 15.0 Å². The van der Waals surface area contributed by atoms with E-state index in [9.17, 15) is 0 Å². The summed E-state index contributed by atoms with van der Waals surface area (Å²) in [5.41, 5.74) is 2.07. The van der Waals surface area contributed by atoms with Crippen molar-refractivity contribution in [3.05, 3.63) is 55.0 Å². The standard InChI is InChI=1S/C17H12N4O/c1-3-12-13(4-2)20-17-15(19-12)21-14-11-8-6-5-7-10(11)9-18-16(14)22-17/h3-9H,1-2H2,(H,19,21). The van der Waals surface area contributed by atoms with Gasteiger partial charge in [-0.25, -0.2) is 15.0 Å². The number of aromatic nitrogens is 3. The Morgan fingerprint density at radius 1 is 1.00 bits per heavy atom. The molecule has 0 saturated heterocycles. The molecule has 1 N–H and O–H groups in total. The highest BCUT2D eigenvalue weighted by molar-refractivity contribution is 5.98. The zero-order valence-corrected chi connectivity index (χ0v) is 11.7. The molecule has 1 aromatic carbocycles. The molecule has 0 radical (unpaired) electrons. The van der Waals surface area contributed by atoms with Crippen LogP contribution in [0.3, 0.4) is 0 Å². The number of anilines is 2. The molecule has 1 aliphatic heterocycles. The molecule has 2 aromatic heterocycles. The maximum Gasteiger partial charge on any atom is 0.265 e. The van der Waals surface area contributed by atoms with Gasteiger partial charge in [0.05, 0.1) is 11.4 Å². The molecule has 3 heterocycles. The lowest BCUT2D eigenvalue weighted by Gasteiger charge is -2.21. The van der Waals surface area contributed by atoms with Gasteiger partial charge in [0, 0.05) is 17.0 Å². The molecule has 5 heteroatoms. The third-order valence-electron chi connectivity index (χ3n) is 3.51. The molecule has 0 fully saturated rings. The number of nitrogens with zero attached hydrogens (tertiary/aromatic N) is 3. The van der Waals surface area contributed by atoms with Gasteiger partial charge in [0.1, 0.15) is 5.69 Å². The summed E-state index contributed by atoms with van der Waals surface area (Å²) in [7, 11) is 0. The number of rotatable bonds is 2. The topological polar surface area (TPSA) is 59.9 Å². The average molecular weight is 288 g/mol. The minimum atomic E-state index is 0.385. The van der Waals surface area contributed by atoms with Crippen molar-refractivity contribution in [2.75, 3.05) is 5.32 Å². The second-order valence-electron chi connectivity index (χ2n) is 4.81. The van der Waals surface area contributed by atoms with E-state index in [0.717, 1.165) is 16.5 Å².